The number of nitrogens with one attached hydrogen (secondary N) is 1. The lowest BCUT2D eigenvalue weighted by atomic mass is 10.2. The summed E-state index contributed by atoms with van der Waals surface area (Å²) in [4.78, 5) is 5.67. The van der Waals surface area contributed by atoms with Crippen molar-refractivity contribution in [2.24, 2.45) is 0 Å². The molecule has 0 unspecified atom stereocenters. The second-order valence-corrected chi connectivity index (χ2v) is 5.38. The Kier molecular flexibility index (Phi) is 4.26. The molecule has 0 radical (unpaired) electrons. The van der Waals surface area contributed by atoms with Crippen LogP contribution in [-0.4, -0.2) is 12.0 Å². The fourth-order valence-corrected chi connectivity index (χ4v) is 2.72. The van der Waals surface area contributed by atoms with E-state index in [9.17, 15) is 0 Å². The van der Waals surface area contributed by atoms with Crippen molar-refractivity contribution in [2.75, 3.05) is 12.4 Å². The number of hydrogen-bond acceptors (Lipinski definition) is 3. The SMILES string of the molecule is CNc1ccc(CSc2ccc(C)cc2C)cn1. The van der Waals surface area contributed by atoms with Gasteiger partial charge in [-0.25, -0.2) is 4.98 Å². The molecule has 0 aliphatic heterocycles. The highest BCUT2D eigenvalue weighted by atomic mass is 32.2. The second kappa shape index (κ2) is 5.91. The Balaban J connectivity index is 2.02. The fraction of sp³-hybridized carbons (Fsp3) is 0.267. The molecule has 0 spiro atoms. The first-order valence-electron chi connectivity index (χ1n) is 6.02. The van der Waals surface area contributed by atoms with Gasteiger partial charge in [-0.3, -0.25) is 0 Å². The molecule has 0 fully saturated rings. The summed E-state index contributed by atoms with van der Waals surface area (Å²) >= 11 is 1.86. The first kappa shape index (κ1) is 13.0. The Bertz CT molecular complexity index is 521. The highest BCUT2D eigenvalue weighted by molar-refractivity contribution is 7.98. The average Bonchev–Trinajstić information content (AvgIpc) is 2.38. The van der Waals surface area contributed by atoms with Gasteiger partial charge in [0, 0.05) is 23.9 Å². The number of thioether (sulfide) groups is 1. The Hall–Kier alpha value is -1.48. The minimum atomic E-state index is 0.912. The molecule has 0 aliphatic rings. The van der Waals surface area contributed by atoms with Crippen LogP contribution in [-0.2, 0) is 5.75 Å². The van der Waals surface area contributed by atoms with Gasteiger partial charge >= 0.3 is 0 Å². The van der Waals surface area contributed by atoms with Gasteiger partial charge in [-0.05, 0) is 37.1 Å². The van der Waals surface area contributed by atoms with Crippen molar-refractivity contribution in [1.82, 2.24) is 4.98 Å². The van der Waals surface area contributed by atoms with E-state index in [0.29, 0.717) is 0 Å². The zero-order valence-electron chi connectivity index (χ0n) is 11.0. The molecular formula is C15H18N2S. The van der Waals surface area contributed by atoms with Crippen LogP contribution >= 0.6 is 11.8 Å². The van der Waals surface area contributed by atoms with E-state index in [1.54, 1.807) is 0 Å². The summed E-state index contributed by atoms with van der Waals surface area (Å²) in [6, 6.07) is 10.7. The van der Waals surface area contributed by atoms with Crippen LogP contribution in [0.15, 0.2) is 41.4 Å². The van der Waals surface area contributed by atoms with Crippen molar-refractivity contribution in [3.63, 3.8) is 0 Å². The zero-order valence-corrected chi connectivity index (χ0v) is 11.8. The molecule has 0 saturated carbocycles. The number of anilines is 1. The molecule has 3 heteroatoms. The lowest BCUT2D eigenvalue weighted by molar-refractivity contribution is 1.22. The van der Waals surface area contributed by atoms with E-state index >= 15 is 0 Å². The maximum absolute atomic E-state index is 4.32. The molecule has 0 saturated heterocycles. The van der Waals surface area contributed by atoms with E-state index < -0.39 is 0 Å². The highest BCUT2D eigenvalue weighted by Gasteiger charge is 2.01. The molecule has 1 aromatic heterocycles. The third-order valence-electron chi connectivity index (χ3n) is 2.81. The van der Waals surface area contributed by atoms with E-state index in [-0.39, 0.29) is 0 Å². The standard InChI is InChI=1S/C15H18N2S/c1-11-4-6-14(12(2)8-11)18-10-13-5-7-15(16-3)17-9-13/h4-9H,10H2,1-3H3,(H,16,17). The summed E-state index contributed by atoms with van der Waals surface area (Å²) in [5.74, 6) is 1.87. The number of rotatable bonds is 4. The molecule has 0 atom stereocenters. The van der Waals surface area contributed by atoms with Gasteiger partial charge in [0.25, 0.3) is 0 Å². The van der Waals surface area contributed by atoms with Gasteiger partial charge in [0.1, 0.15) is 5.82 Å². The molecule has 0 bridgehead atoms. The van der Waals surface area contributed by atoms with Gasteiger partial charge in [0.15, 0.2) is 0 Å². The summed E-state index contributed by atoms with van der Waals surface area (Å²) in [7, 11) is 1.88. The van der Waals surface area contributed by atoms with Crippen molar-refractivity contribution >= 4 is 17.6 Å². The number of pyridine rings is 1. The van der Waals surface area contributed by atoms with Crippen molar-refractivity contribution in [3.05, 3.63) is 53.2 Å². The molecule has 1 aromatic carbocycles. The molecule has 1 N–H and O–H groups in total. The van der Waals surface area contributed by atoms with Crippen LogP contribution in [0.4, 0.5) is 5.82 Å². The van der Waals surface area contributed by atoms with Crippen molar-refractivity contribution in [3.8, 4) is 0 Å². The Morgan fingerprint density at radius 3 is 2.61 bits per heavy atom. The van der Waals surface area contributed by atoms with Crippen LogP contribution in [0.25, 0.3) is 0 Å². The summed E-state index contributed by atoms with van der Waals surface area (Å²) in [6.45, 7) is 4.29. The number of nitrogens with zero attached hydrogens (tertiary/aromatic N) is 1. The van der Waals surface area contributed by atoms with E-state index in [4.69, 9.17) is 0 Å². The van der Waals surface area contributed by atoms with Gasteiger partial charge < -0.3 is 5.32 Å². The van der Waals surface area contributed by atoms with E-state index in [1.807, 2.05) is 31.1 Å². The Labute approximate surface area is 113 Å². The first-order chi connectivity index (χ1) is 8.69. The Morgan fingerprint density at radius 1 is 1.17 bits per heavy atom. The maximum atomic E-state index is 4.32. The van der Waals surface area contributed by atoms with Crippen LogP contribution in [0.5, 0.6) is 0 Å². The van der Waals surface area contributed by atoms with Gasteiger partial charge in [0.2, 0.25) is 0 Å². The van der Waals surface area contributed by atoms with Crippen molar-refractivity contribution < 1.29 is 0 Å². The highest BCUT2D eigenvalue weighted by Crippen LogP contribution is 2.26. The number of aryl methyl sites for hydroxylation is 2. The molecule has 18 heavy (non-hydrogen) atoms. The summed E-state index contributed by atoms with van der Waals surface area (Å²) < 4.78 is 0. The lowest BCUT2D eigenvalue weighted by Gasteiger charge is -2.07. The summed E-state index contributed by atoms with van der Waals surface area (Å²) in [6.07, 6.45) is 1.93. The average molecular weight is 258 g/mol. The van der Waals surface area contributed by atoms with Crippen LogP contribution < -0.4 is 5.32 Å². The smallest absolute Gasteiger partial charge is 0.125 e. The van der Waals surface area contributed by atoms with E-state index in [2.05, 4.69) is 48.4 Å². The molecule has 1 heterocycles. The van der Waals surface area contributed by atoms with Gasteiger partial charge in [-0.1, -0.05) is 23.8 Å². The largest absolute Gasteiger partial charge is 0.373 e. The van der Waals surface area contributed by atoms with Gasteiger partial charge in [-0.2, -0.15) is 0 Å². The second-order valence-electron chi connectivity index (χ2n) is 4.36. The van der Waals surface area contributed by atoms with Crippen molar-refractivity contribution in [2.45, 2.75) is 24.5 Å². The molecule has 2 aromatic rings. The van der Waals surface area contributed by atoms with Crippen LogP contribution in [0, 0.1) is 13.8 Å². The fourth-order valence-electron chi connectivity index (χ4n) is 1.78. The third kappa shape index (κ3) is 3.26. The van der Waals surface area contributed by atoms with E-state index in [1.165, 1.54) is 21.6 Å². The molecule has 2 nitrogen and oxygen atoms in total. The minimum absolute atomic E-state index is 0.912. The lowest BCUT2D eigenvalue weighted by Crippen LogP contribution is -1.92. The number of aromatic nitrogens is 1. The molecule has 94 valence electrons. The van der Waals surface area contributed by atoms with Gasteiger partial charge in [-0.15, -0.1) is 11.8 Å². The minimum Gasteiger partial charge on any atom is -0.373 e. The molecule has 0 amide bonds. The normalized spacial score (nSPS) is 10.4. The molecular weight excluding hydrogens is 240 g/mol. The summed E-state index contributed by atoms with van der Waals surface area (Å²) in [5.41, 5.74) is 3.91. The predicted molar refractivity (Wildman–Crippen MR) is 79.3 cm³/mol. The number of benzene rings is 1. The molecule has 2 rings (SSSR count). The molecule has 0 aliphatic carbocycles. The summed E-state index contributed by atoms with van der Waals surface area (Å²) in [5, 5.41) is 3.03. The predicted octanol–water partition coefficient (Wildman–Crippen LogP) is 4.03. The Morgan fingerprint density at radius 2 is 2.00 bits per heavy atom. The van der Waals surface area contributed by atoms with Crippen LogP contribution in [0.3, 0.4) is 0 Å². The monoisotopic (exact) mass is 258 g/mol. The maximum Gasteiger partial charge on any atom is 0.125 e. The quantitative estimate of drug-likeness (QED) is 0.838. The van der Waals surface area contributed by atoms with E-state index in [0.717, 1.165) is 11.6 Å². The first-order valence-corrected chi connectivity index (χ1v) is 7.00. The van der Waals surface area contributed by atoms with Crippen LogP contribution in [0.2, 0.25) is 0 Å². The topological polar surface area (TPSA) is 24.9 Å². The van der Waals surface area contributed by atoms with Crippen molar-refractivity contribution in [1.29, 1.82) is 0 Å². The zero-order chi connectivity index (χ0) is 13.0. The third-order valence-corrected chi connectivity index (χ3v) is 4.05. The van der Waals surface area contributed by atoms with Gasteiger partial charge in [0.05, 0.1) is 0 Å². The number of hydrogen-bond donors (Lipinski definition) is 1. The van der Waals surface area contributed by atoms with Crippen LogP contribution in [0.1, 0.15) is 16.7 Å².